The molecule has 1 aromatic carbocycles. The lowest BCUT2D eigenvalue weighted by molar-refractivity contribution is -0.117. The number of hydrogen-bond donors (Lipinski definition) is 2. The number of carbonyl (C=O) groups is 2. The molecule has 1 aliphatic carbocycles. The Labute approximate surface area is 127 Å². The Morgan fingerprint density at radius 3 is 2.68 bits per heavy atom. The van der Waals surface area contributed by atoms with Gasteiger partial charge in [0.1, 0.15) is 6.26 Å². The van der Waals surface area contributed by atoms with Crippen molar-refractivity contribution in [3.63, 3.8) is 0 Å². The number of carbonyl (C=O) groups excluding carboxylic acids is 2. The van der Waals surface area contributed by atoms with Gasteiger partial charge in [-0.2, -0.15) is 4.98 Å². The SMILES string of the molecule is CC(NC(=O)c1coc(NC(=O)C2CC2)n1)c1ccccc1. The highest BCUT2D eigenvalue weighted by atomic mass is 16.4. The monoisotopic (exact) mass is 299 g/mol. The fraction of sp³-hybridized carbons (Fsp3) is 0.312. The standard InChI is InChI=1S/C16H17N3O3/c1-10(11-5-3-2-4-6-11)17-15(21)13-9-22-16(18-13)19-14(20)12-7-8-12/h2-6,9-10,12H,7-8H2,1H3,(H,17,21)(H,18,19,20). The molecule has 1 atom stereocenters. The van der Waals surface area contributed by atoms with Crippen LogP contribution in [0.4, 0.5) is 6.01 Å². The molecule has 0 bridgehead atoms. The highest BCUT2D eigenvalue weighted by Crippen LogP contribution is 2.30. The molecule has 114 valence electrons. The summed E-state index contributed by atoms with van der Waals surface area (Å²) in [5.74, 6) is -0.388. The minimum atomic E-state index is -0.341. The first-order chi connectivity index (χ1) is 10.6. The second-order valence-corrected chi connectivity index (χ2v) is 5.41. The lowest BCUT2D eigenvalue weighted by atomic mass is 10.1. The zero-order valence-electron chi connectivity index (χ0n) is 12.2. The summed E-state index contributed by atoms with van der Waals surface area (Å²) in [5.41, 5.74) is 1.15. The summed E-state index contributed by atoms with van der Waals surface area (Å²) in [4.78, 5) is 27.7. The van der Waals surface area contributed by atoms with E-state index >= 15 is 0 Å². The molecule has 2 aromatic rings. The van der Waals surface area contributed by atoms with Crippen LogP contribution in [-0.4, -0.2) is 16.8 Å². The summed E-state index contributed by atoms with van der Waals surface area (Å²) in [6.07, 6.45) is 3.04. The van der Waals surface area contributed by atoms with E-state index < -0.39 is 0 Å². The van der Waals surface area contributed by atoms with Gasteiger partial charge in [0.25, 0.3) is 5.91 Å². The van der Waals surface area contributed by atoms with Crippen LogP contribution in [0, 0.1) is 5.92 Å². The van der Waals surface area contributed by atoms with Gasteiger partial charge in [-0.15, -0.1) is 0 Å². The van der Waals surface area contributed by atoms with Crippen molar-refractivity contribution < 1.29 is 14.0 Å². The summed E-state index contributed by atoms with van der Waals surface area (Å²) in [7, 11) is 0. The van der Waals surface area contributed by atoms with Gasteiger partial charge in [-0.25, -0.2) is 0 Å². The molecule has 22 heavy (non-hydrogen) atoms. The van der Waals surface area contributed by atoms with Crippen molar-refractivity contribution in [2.75, 3.05) is 5.32 Å². The molecule has 3 rings (SSSR count). The maximum atomic E-state index is 12.1. The molecular weight excluding hydrogens is 282 g/mol. The van der Waals surface area contributed by atoms with Crippen LogP contribution in [0.3, 0.4) is 0 Å². The molecule has 6 heteroatoms. The molecule has 2 amide bonds. The Morgan fingerprint density at radius 1 is 1.27 bits per heavy atom. The Morgan fingerprint density at radius 2 is 2.00 bits per heavy atom. The molecule has 1 saturated carbocycles. The van der Waals surface area contributed by atoms with Crippen LogP contribution in [-0.2, 0) is 4.79 Å². The molecule has 1 aromatic heterocycles. The van der Waals surface area contributed by atoms with Crippen LogP contribution in [0.25, 0.3) is 0 Å². The van der Waals surface area contributed by atoms with Gasteiger partial charge in [-0.1, -0.05) is 30.3 Å². The topological polar surface area (TPSA) is 84.2 Å². The molecule has 6 nitrogen and oxygen atoms in total. The van der Waals surface area contributed by atoms with Crippen molar-refractivity contribution in [3.8, 4) is 0 Å². The predicted octanol–water partition coefficient (Wildman–Crippen LogP) is 2.51. The molecule has 1 fully saturated rings. The van der Waals surface area contributed by atoms with Crippen LogP contribution >= 0.6 is 0 Å². The Balaban J connectivity index is 1.60. The number of nitrogens with one attached hydrogen (secondary N) is 2. The lowest BCUT2D eigenvalue weighted by Gasteiger charge is -2.12. The first-order valence-electron chi connectivity index (χ1n) is 7.25. The third kappa shape index (κ3) is 3.33. The number of amides is 2. The molecule has 0 spiro atoms. The van der Waals surface area contributed by atoms with Crippen molar-refractivity contribution >= 4 is 17.8 Å². The summed E-state index contributed by atoms with van der Waals surface area (Å²) < 4.78 is 5.12. The third-order valence-electron chi connectivity index (χ3n) is 3.56. The number of rotatable bonds is 5. The van der Waals surface area contributed by atoms with Gasteiger partial charge in [-0.3, -0.25) is 14.9 Å². The molecular formula is C16H17N3O3. The molecule has 2 N–H and O–H groups in total. The summed E-state index contributed by atoms with van der Waals surface area (Å²) in [6, 6.07) is 9.55. The van der Waals surface area contributed by atoms with Crippen LogP contribution in [0.5, 0.6) is 0 Å². The molecule has 1 aliphatic rings. The third-order valence-corrected chi connectivity index (χ3v) is 3.56. The van der Waals surface area contributed by atoms with E-state index in [9.17, 15) is 9.59 Å². The van der Waals surface area contributed by atoms with Gasteiger partial charge >= 0.3 is 6.01 Å². The minimum absolute atomic E-state index is 0.0577. The molecule has 1 unspecified atom stereocenters. The largest absolute Gasteiger partial charge is 0.431 e. The number of nitrogens with zero attached hydrogens (tertiary/aromatic N) is 1. The summed E-state index contributed by atoms with van der Waals surface area (Å²) in [6.45, 7) is 1.89. The molecule has 0 radical (unpaired) electrons. The predicted molar refractivity (Wildman–Crippen MR) is 80.2 cm³/mol. The van der Waals surface area contributed by atoms with Gasteiger partial charge in [0.05, 0.1) is 6.04 Å². The van der Waals surface area contributed by atoms with Gasteiger partial charge < -0.3 is 9.73 Å². The minimum Gasteiger partial charge on any atom is -0.431 e. The van der Waals surface area contributed by atoms with E-state index in [2.05, 4.69) is 15.6 Å². The number of benzene rings is 1. The van der Waals surface area contributed by atoms with Crippen LogP contribution in [0.2, 0.25) is 0 Å². The van der Waals surface area contributed by atoms with Gasteiger partial charge in [-0.05, 0) is 25.3 Å². The normalized spacial score (nSPS) is 15.1. The van der Waals surface area contributed by atoms with E-state index in [4.69, 9.17) is 4.42 Å². The molecule has 1 heterocycles. The van der Waals surface area contributed by atoms with E-state index in [0.717, 1.165) is 18.4 Å². The van der Waals surface area contributed by atoms with Crippen molar-refractivity contribution in [2.45, 2.75) is 25.8 Å². The quantitative estimate of drug-likeness (QED) is 0.888. The lowest BCUT2D eigenvalue weighted by Crippen LogP contribution is -2.27. The van der Waals surface area contributed by atoms with Crippen molar-refractivity contribution in [3.05, 3.63) is 47.9 Å². The molecule has 0 saturated heterocycles. The van der Waals surface area contributed by atoms with E-state index in [0.29, 0.717) is 0 Å². The van der Waals surface area contributed by atoms with E-state index in [1.165, 1.54) is 6.26 Å². The van der Waals surface area contributed by atoms with Gasteiger partial charge in [0, 0.05) is 5.92 Å². The Hall–Kier alpha value is -2.63. The highest BCUT2D eigenvalue weighted by molar-refractivity contribution is 5.94. The number of oxazole rings is 1. The van der Waals surface area contributed by atoms with Crippen molar-refractivity contribution in [1.82, 2.24) is 10.3 Å². The van der Waals surface area contributed by atoms with E-state index in [1.54, 1.807) is 0 Å². The molecule has 0 aliphatic heterocycles. The van der Waals surface area contributed by atoms with Gasteiger partial charge in [0.15, 0.2) is 5.69 Å². The maximum absolute atomic E-state index is 12.1. The average Bonchev–Trinajstić information content (AvgIpc) is 3.28. The Bertz CT molecular complexity index is 677. The first kappa shape index (κ1) is 14.3. The number of hydrogen-bond acceptors (Lipinski definition) is 4. The van der Waals surface area contributed by atoms with Crippen LogP contribution in [0.15, 0.2) is 41.0 Å². The van der Waals surface area contributed by atoms with Crippen molar-refractivity contribution in [1.29, 1.82) is 0 Å². The highest BCUT2D eigenvalue weighted by Gasteiger charge is 2.30. The van der Waals surface area contributed by atoms with Crippen LogP contribution < -0.4 is 10.6 Å². The first-order valence-corrected chi connectivity index (χ1v) is 7.25. The maximum Gasteiger partial charge on any atom is 0.302 e. The van der Waals surface area contributed by atoms with Crippen LogP contribution in [0.1, 0.15) is 41.9 Å². The average molecular weight is 299 g/mol. The zero-order valence-corrected chi connectivity index (χ0v) is 12.2. The smallest absolute Gasteiger partial charge is 0.302 e. The fourth-order valence-corrected chi connectivity index (χ4v) is 2.08. The zero-order chi connectivity index (χ0) is 15.5. The van der Waals surface area contributed by atoms with Gasteiger partial charge in [0.2, 0.25) is 5.91 Å². The second-order valence-electron chi connectivity index (χ2n) is 5.41. The summed E-state index contributed by atoms with van der Waals surface area (Å²) in [5, 5.41) is 5.41. The Kier molecular flexibility index (Phi) is 3.91. The summed E-state index contributed by atoms with van der Waals surface area (Å²) >= 11 is 0. The van der Waals surface area contributed by atoms with E-state index in [-0.39, 0.29) is 35.5 Å². The van der Waals surface area contributed by atoms with E-state index in [1.807, 2.05) is 37.3 Å². The number of anilines is 1. The second kappa shape index (κ2) is 6.01. The fourth-order valence-electron chi connectivity index (χ4n) is 2.08. The van der Waals surface area contributed by atoms with Crippen molar-refractivity contribution in [2.24, 2.45) is 5.92 Å². The number of aromatic nitrogens is 1.